The van der Waals surface area contributed by atoms with Crippen LogP contribution in [0.25, 0.3) is 10.8 Å². The number of aromatic nitrogens is 3. The highest BCUT2D eigenvalue weighted by molar-refractivity contribution is 7.16. The van der Waals surface area contributed by atoms with Gasteiger partial charge >= 0.3 is 0 Å². The van der Waals surface area contributed by atoms with E-state index in [1.807, 2.05) is 12.1 Å². The van der Waals surface area contributed by atoms with Gasteiger partial charge in [0, 0.05) is 16.8 Å². The third-order valence-electron chi connectivity index (χ3n) is 4.87. The topological polar surface area (TPSA) is 76.9 Å². The second-order valence-corrected chi connectivity index (χ2v) is 7.91. The largest absolute Gasteiger partial charge is 0.296 e. The Hall–Kier alpha value is -2.54. The van der Waals surface area contributed by atoms with Gasteiger partial charge in [0.05, 0.1) is 11.1 Å². The Morgan fingerprint density at radius 3 is 2.81 bits per heavy atom. The van der Waals surface area contributed by atoms with Crippen LogP contribution in [0.3, 0.4) is 0 Å². The first-order valence-corrected chi connectivity index (χ1v) is 10.3. The molecule has 1 aromatic carbocycles. The van der Waals surface area contributed by atoms with E-state index in [1.54, 1.807) is 12.1 Å². The fourth-order valence-corrected chi connectivity index (χ4v) is 4.51. The number of fused-ring (bicyclic) bond motifs is 2. The molecule has 2 aromatic heterocycles. The van der Waals surface area contributed by atoms with E-state index in [4.69, 9.17) is 0 Å². The number of thiazole rings is 1. The van der Waals surface area contributed by atoms with Gasteiger partial charge in [-0.2, -0.15) is 5.10 Å². The molecule has 0 saturated carbocycles. The van der Waals surface area contributed by atoms with Gasteiger partial charge in [0.1, 0.15) is 0 Å². The van der Waals surface area contributed by atoms with Crippen LogP contribution in [-0.2, 0) is 19.4 Å². The van der Waals surface area contributed by atoms with Crippen molar-refractivity contribution in [3.8, 4) is 0 Å². The van der Waals surface area contributed by atoms with E-state index in [2.05, 4.69) is 22.3 Å². The molecular weight excluding hydrogens is 360 g/mol. The molecule has 1 N–H and O–H groups in total. The van der Waals surface area contributed by atoms with Gasteiger partial charge in [0.2, 0.25) is 0 Å². The number of unbranched alkanes of at least 4 members (excludes halogenated alkanes) is 2. The van der Waals surface area contributed by atoms with Crippen LogP contribution < -0.4 is 10.9 Å². The number of hydrogen-bond donors (Lipinski definition) is 1. The summed E-state index contributed by atoms with van der Waals surface area (Å²) in [5.41, 5.74) is 1.22. The van der Waals surface area contributed by atoms with Gasteiger partial charge in [-0.3, -0.25) is 14.9 Å². The van der Waals surface area contributed by atoms with E-state index in [-0.39, 0.29) is 17.2 Å². The SMILES string of the molecule is CCCCCn1nc(C(=O)Nc2nc3c(s2)CCC3)c2ccccc2c1=O. The Kier molecular flexibility index (Phi) is 5.03. The van der Waals surface area contributed by atoms with E-state index >= 15 is 0 Å². The maximum absolute atomic E-state index is 12.9. The van der Waals surface area contributed by atoms with Crippen molar-refractivity contribution in [1.82, 2.24) is 14.8 Å². The lowest BCUT2D eigenvalue weighted by molar-refractivity contribution is 0.102. The molecule has 0 unspecified atom stereocenters. The van der Waals surface area contributed by atoms with Crippen molar-refractivity contribution in [2.24, 2.45) is 0 Å². The molecule has 0 spiro atoms. The standard InChI is InChI=1S/C20H22N4O2S/c1-2-3-6-12-24-19(26)14-9-5-4-8-13(14)17(23-24)18(25)22-20-21-15-10-7-11-16(15)27-20/h4-5,8-9H,2-3,6-7,10-12H2,1H3,(H,21,22,25). The average molecular weight is 382 g/mol. The molecular formula is C20H22N4O2S. The number of carbonyl (C=O) groups excluding carboxylic acids is 1. The number of benzene rings is 1. The first kappa shape index (κ1) is 17.9. The lowest BCUT2D eigenvalue weighted by atomic mass is 10.1. The predicted molar refractivity (Wildman–Crippen MR) is 108 cm³/mol. The minimum Gasteiger partial charge on any atom is -0.296 e. The third-order valence-corrected chi connectivity index (χ3v) is 5.95. The van der Waals surface area contributed by atoms with Gasteiger partial charge in [0.15, 0.2) is 10.8 Å². The number of nitrogens with one attached hydrogen (secondary N) is 1. The molecule has 0 bridgehead atoms. The van der Waals surface area contributed by atoms with Gasteiger partial charge in [-0.25, -0.2) is 9.67 Å². The Bertz CT molecular complexity index is 1030. The summed E-state index contributed by atoms with van der Waals surface area (Å²) in [5, 5.41) is 9.00. The number of nitrogens with zero attached hydrogens (tertiary/aromatic N) is 3. The van der Waals surface area contributed by atoms with Crippen LogP contribution in [0.5, 0.6) is 0 Å². The molecule has 0 saturated heterocycles. The van der Waals surface area contributed by atoms with Crippen molar-refractivity contribution in [3.05, 3.63) is 50.9 Å². The molecule has 0 aliphatic heterocycles. The molecule has 0 atom stereocenters. The van der Waals surface area contributed by atoms with E-state index in [9.17, 15) is 9.59 Å². The minimum atomic E-state index is -0.317. The Morgan fingerprint density at radius 1 is 1.22 bits per heavy atom. The highest BCUT2D eigenvalue weighted by atomic mass is 32.1. The van der Waals surface area contributed by atoms with Crippen molar-refractivity contribution in [2.45, 2.75) is 52.0 Å². The third kappa shape index (κ3) is 3.51. The highest BCUT2D eigenvalue weighted by Gasteiger charge is 2.21. The van der Waals surface area contributed by atoms with E-state index in [0.29, 0.717) is 22.4 Å². The summed E-state index contributed by atoms with van der Waals surface area (Å²) in [7, 11) is 0. The molecule has 1 aliphatic rings. The lowest BCUT2D eigenvalue weighted by Gasteiger charge is -2.10. The first-order chi connectivity index (χ1) is 13.2. The molecule has 140 valence electrons. The van der Waals surface area contributed by atoms with Crippen LogP contribution in [0.2, 0.25) is 0 Å². The zero-order valence-corrected chi connectivity index (χ0v) is 16.1. The van der Waals surface area contributed by atoms with E-state index in [0.717, 1.165) is 44.2 Å². The van der Waals surface area contributed by atoms with Crippen molar-refractivity contribution in [1.29, 1.82) is 0 Å². The maximum Gasteiger partial charge on any atom is 0.278 e. The van der Waals surface area contributed by atoms with Crippen LogP contribution in [0, 0.1) is 0 Å². The van der Waals surface area contributed by atoms with Crippen LogP contribution >= 0.6 is 11.3 Å². The summed E-state index contributed by atoms with van der Waals surface area (Å²) in [6.07, 6.45) is 6.09. The molecule has 3 aromatic rings. The summed E-state index contributed by atoms with van der Waals surface area (Å²) in [6, 6.07) is 7.16. The number of amides is 1. The van der Waals surface area contributed by atoms with Crippen LogP contribution in [0.15, 0.2) is 29.1 Å². The second kappa shape index (κ2) is 7.60. The normalized spacial score (nSPS) is 13.1. The fourth-order valence-electron chi connectivity index (χ4n) is 3.47. The molecule has 6 nitrogen and oxygen atoms in total. The number of hydrogen-bond acceptors (Lipinski definition) is 5. The fraction of sp³-hybridized carbons (Fsp3) is 0.400. The molecule has 0 fully saturated rings. The Balaban J connectivity index is 1.69. The van der Waals surface area contributed by atoms with Crippen molar-refractivity contribution < 1.29 is 4.79 Å². The summed E-state index contributed by atoms with van der Waals surface area (Å²) in [5.74, 6) is -0.317. The number of aryl methyl sites for hydroxylation is 3. The van der Waals surface area contributed by atoms with E-state index in [1.165, 1.54) is 20.9 Å². The average Bonchev–Trinajstić information content (AvgIpc) is 3.25. The zero-order chi connectivity index (χ0) is 18.8. The quantitative estimate of drug-likeness (QED) is 0.658. The maximum atomic E-state index is 12.9. The predicted octanol–water partition coefficient (Wildman–Crippen LogP) is 3.78. The van der Waals surface area contributed by atoms with Gasteiger partial charge in [-0.15, -0.1) is 11.3 Å². The van der Waals surface area contributed by atoms with Crippen molar-refractivity contribution in [3.63, 3.8) is 0 Å². The molecule has 1 amide bonds. The van der Waals surface area contributed by atoms with Crippen LogP contribution in [0.1, 0.15) is 53.7 Å². The zero-order valence-electron chi connectivity index (χ0n) is 15.3. The summed E-state index contributed by atoms with van der Waals surface area (Å²) < 4.78 is 1.43. The van der Waals surface area contributed by atoms with Gasteiger partial charge in [-0.05, 0) is 31.7 Å². The Labute approximate surface area is 161 Å². The van der Waals surface area contributed by atoms with Crippen LogP contribution in [0.4, 0.5) is 5.13 Å². The van der Waals surface area contributed by atoms with Crippen molar-refractivity contribution >= 4 is 33.1 Å². The summed E-state index contributed by atoms with van der Waals surface area (Å²) >= 11 is 1.54. The highest BCUT2D eigenvalue weighted by Crippen LogP contribution is 2.30. The molecule has 1 aliphatic carbocycles. The smallest absolute Gasteiger partial charge is 0.278 e. The van der Waals surface area contributed by atoms with Gasteiger partial charge < -0.3 is 0 Å². The summed E-state index contributed by atoms with van der Waals surface area (Å²) in [6.45, 7) is 2.63. The Morgan fingerprint density at radius 2 is 2.04 bits per heavy atom. The van der Waals surface area contributed by atoms with Crippen molar-refractivity contribution in [2.75, 3.05) is 5.32 Å². The minimum absolute atomic E-state index is 0.147. The number of rotatable bonds is 6. The monoisotopic (exact) mass is 382 g/mol. The molecule has 27 heavy (non-hydrogen) atoms. The molecule has 4 rings (SSSR count). The van der Waals surface area contributed by atoms with Gasteiger partial charge in [-0.1, -0.05) is 38.0 Å². The van der Waals surface area contributed by atoms with Gasteiger partial charge in [0.25, 0.3) is 11.5 Å². The first-order valence-electron chi connectivity index (χ1n) is 9.47. The lowest BCUT2D eigenvalue weighted by Crippen LogP contribution is -2.27. The number of carbonyl (C=O) groups is 1. The van der Waals surface area contributed by atoms with Crippen LogP contribution in [-0.4, -0.2) is 20.7 Å². The second-order valence-electron chi connectivity index (χ2n) is 6.83. The number of anilines is 1. The van der Waals surface area contributed by atoms with E-state index < -0.39 is 0 Å². The molecule has 0 radical (unpaired) electrons. The molecule has 7 heteroatoms. The summed E-state index contributed by atoms with van der Waals surface area (Å²) in [4.78, 5) is 31.4. The molecule has 2 heterocycles.